The Morgan fingerprint density at radius 1 is 1.18 bits per heavy atom. The Labute approximate surface area is 166 Å². The van der Waals surface area contributed by atoms with Crippen molar-refractivity contribution in [3.05, 3.63) is 54.4 Å². The Bertz CT molecular complexity index is 1140. The first-order valence-corrected chi connectivity index (χ1v) is 10.0. The van der Waals surface area contributed by atoms with E-state index in [-0.39, 0.29) is 11.7 Å². The molecule has 4 rings (SSSR count). The molecule has 0 radical (unpaired) electrons. The van der Waals surface area contributed by atoms with Gasteiger partial charge >= 0.3 is 0 Å². The zero-order chi connectivity index (χ0) is 19.5. The van der Waals surface area contributed by atoms with Crippen LogP contribution in [0, 0.1) is 6.92 Å². The van der Waals surface area contributed by atoms with E-state index in [1.165, 1.54) is 17.3 Å². The number of thioether (sulfide) groups is 1. The first-order chi connectivity index (χ1) is 13.6. The summed E-state index contributed by atoms with van der Waals surface area (Å²) in [7, 11) is 0. The van der Waals surface area contributed by atoms with Crippen molar-refractivity contribution >= 4 is 45.3 Å². The van der Waals surface area contributed by atoms with Crippen LogP contribution >= 0.6 is 11.8 Å². The second-order valence-corrected chi connectivity index (χ2v) is 7.33. The van der Waals surface area contributed by atoms with E-state index in [0.29, 0.717) is 6.61 Å². The highest BCUT2D eigenvalue weighted by Crippen LogP contribution is 2.30. The van der Waals surface area contributed by atoms with Crippen molar-refractivity contribution in [2.75, 3.05) is 17.7 Å². The lowest BCUT2D eigenvalue weighted by Gasteiger charge is -2.07. The number of hydrogen-bond donors (Lipinski definition) is 2. The number of ether oxygens (including phenoxy) is 1. The van der Waals surface area contributed by atoms with Gasteiger partial charge in [-0.3, -0.25) is 4.79 Å². The molecule has 2 aromatic carbocycles. The third-order valence-corrected chi connectivity index (χ3v) is 5.28. The largest absolute Gasteiger partial charge is 0.494 e. The van der Waals surface area contributed by atoms with Crippen LogP contribution in [0.1, 0.15) is 12.5 Å². The number of benzene rings is 2. The van der Waals surface area contributed by atoms with Crippen molar-refractivity contribution in [2.24, 2.45) is 0 Å². The number of H-pyrrole nitrogens is 1. The molecule has 142 valence electrons. The van der Waals surface area contributed by atoms with E-state index in [1.54, 1.807) is 6.33 Å². The molecule has 0 aliphatic heterocycles. The Kier molecular flexibility index (Phi) is 5.16. The van der Waals surface area contributed by atoms with Gasteiger partial charge in [0.1, 0.15) is 22.6 Å². The van der Waals surface area contributed by atoms with Crippen molar-refractivity contribution in [3.63, 3.8) is 0 Å². The third-order valence-electron chi connectivity index (χ3n) is 4.29. The van der Waals surface area contributed by atoms with Gasteiger partial charge in [0.2, 0.25) is 5.91 Å². The van der Waals surface area contributed by atoms with Gasteiger partial charge in [0.25, 0.3) is 0 Å². The number of nitrogens with zero attached hydrogens (tertiary/aromatic N) is 2. The maximum Gasteiger partial charge on any atom is 0.234 e. The van der Waals surface area contributed by atoms with Gasteiger partial charge in [0.15, 0.2) is 0 Å². The molecule has 0 bridgehead atoms. The highest BCUT2D eigenvalue weighted by atomic mass is 32.2. The van der Waals surface area contributed by atoms with Crippen LogP contribution in [0.2, 0.25) is 0 Å². The van der Waals surface area contributed by atoms with Gasteiger partial charge in [0.05, 0.1) is 17.9 Å². The van der Waals surface area contributed by atoms with Gasteiger partial charge in [-0.2, -0.15) is 0 Å². The van der Waals surface area contributed by atoms with Crippen LogP contribution in [0.4, 0.5) is 5.69 Å². The van der Waals surface area contributed by atoms with E-state index in [1.807, 2.05) is 37.3 Å². The normalized spacial score (nSPS) is 11.1. The molecular weight excluding hydrogens is 372 g/mol. The summed E-state index contributed by atoms with van der Waals surface area (Å²) in [5, 5.41) is 4.73. The van der Waals surface area contributed by atoms with Crippen LogP contribution in [0.25, 0.3) is 21.9 Å². The molecule has 0 saturated heterocycles. The number of aromatic nitrogens is 3. The molecule has 1 amide bonds. The van der Waals surface area contributed by atoms with Crippen LogP contribution in [0.3, 0.4) is 0 Å². The van der Waals surface area contributed by atoms with E-state index in [0.717, 1.165) is 38.4 Å². The number of rotatable bonds is 6. The van der Waals surface area contributed by atoms with Gasteiger partial charge in [-0.05, 0) is 50.2 Å². The number of nitrogens with one attached hydrogen (secondary N) is 2. The number of carbonyl (C=O) groups excluding carboxylic acids is 1. The van der Waals surface area contributed by atoms with Crippen LogP contribution in [0.15, 0.2) is 53.8 Å². The predicted molar refractivity (Wildman–Crippen MR) is 113 cm³/mol. The molecule has 0 spiro atoms. The summed E-state index contributed by atoms with van der Waals surface area (Å²) in [6, 6.07) is 13.5. The molecule has 2 N–H and O–H groups in total. The Morgan fingerprint density at radius 3 is 2.79 bits per heavy atom. The molecule has 0 atom stereocenters. The number of aryl methyl sites for hydroxylation is 1. The van der Waals surface area contributed by atoms with Crippen molar-refractivity contribution in [2.45, 2.75) is 18.9 Å². The van der Waals surface area contributed by atoms with Crippen molar-refractivity contribution < 1.29 is 9.53 Å². The highest BCUT2D eigenvalue weighted by Gasteiger charge is 2.13. The topological polar surface area (TPSA) is 79.9 Å². The molecule has 28 heavy (non-hydrogen) atoms. The lowest BCUT2D eigenvalue weighted by Crippen LogP contribution is -2.14. The Balaban J connectivity index is 1.47. The fourth-order valence-corrected chi connectivity index (χ4v) is 3.78. The quantitative estimate of drug-likeness (QED) is 0.372. The monoisotopic (exact) mass is 392 g/mol. The second kappa shape index (κ2) is 7.90. The molecule has 0 saturated carbocycles. The molecule has 0 aliphatic rings. The van der Waals surface area contributed by atoms with Gasteiger partial charge in [0, 0.05) is 16.6 Å². The Morgan fingerprint density at radius 2 is 2.00 bits per heavy atom. The van der Waals surface area contributed by atoms with Crippen LogP contribution < -0.4 is 10.1 Å². The number of aromatic amines is 1. The van der Waals surface area contributed by atoms with E-state index >= 15 is 0 Å². The first kappa shape index (κ1) is 18.3. The lowest BCUT2D eigenvalue weighted by molar-refractivity contribution is -0.113. The van der Waals surface area contributed by atoms with Crippen molar-refractivity contribution in [1.29, 1.82) is 0 Å². The number of anilines is 1. The number of amides is 1. The number of hydrogen-bond acceptors (Lipinski definition) is 5. The third kappa shape index (κ3) is 3.80. The molecule has 6 nitrogen and oxygen atoms in total. The molecular formula is C21H20N4O2S. The van der Waals surface area contributed by atoms with Gasteiger partial charge in [-0.25, -0.2) is 9.97 Å². The Hall–Kier alpha value is -3.06. The maximum atomic E-state index is 12.3. The van der Waals surface area contributed by atoms with E-state index in [9.17, 15) is 4.79 Å². The van der Waals surface area contributed by atoms with Crippen LogP contribution in [-0.4, -0.2) is 33.2 Å². The minimum atomic E-state index is -0.0899. The number of fused-ring (bicyclic) bond motifs is 3. The van der Waals surface area contributed by atoms with E-state index in [4.69, 9.17) is 4.74 Å². The highest BCUT2D eigenvalue weighted by molar-refractivity contribution is 8.00. The molecule has 0 aliphatic carbocycles. The van der Waals surface area contributed by atoms with Gasteiger partial charge in [-0.1, -0.05) is 23.4 Å². The SMILES string of the molecule is CCOc1ccc(NC(=O)CSc2ncnc3c2[nH]c2ccc(C)cc23)cc1. The second-order valence-electron chi connectivity index (χ2n) is 6.37. The summed E-state index contributed by atoms with van der Waals surface area (Å²) in [5.41, 5.74) is 4.67. The molecule has 7 heteroatoms. The van der Waals surface area contributed by atoms with Crippen molar-refractivity contribution in [3.8, 4) is 5.75 Å². The predicted octanol–water partition coefficient (Wildman–Crippen LogP) is 4.55. The minimum absolute atomic E-state index is 0.0899. The molecule has 2 heterocycles. The summed E-state index contributed by atoms with van der Waals surface area (Å²) in [6.07, 6.45) is 1.55. The molecule has 0 fully saturated rings. The summed E-state index contributed by atoms with van der Waals surface area (Å²) >= 11 is 1.39. The zero-order valence-electron chi connectivity index (χ0n) is 15.7. The zero-order valence-corrected chi connectivity index (χ0v) is 16.5. The average molecular weight is 392 g/mol. The maximum absolute atomic E-state index is 12.3. The van der Waals surface area contributed by atoms with Gasteiger partial charge < -0.3 is 15.0 Å². The summed E-state index contributed by atoms with van der Waals surface area (Å²) in [5.74, 6) is 0.952. The van der Waals surface area contributed by atoms with Crippen LogP contribution in [0.5, 0.6) is 5.75 Å². The lowest BCUT2D eigenvalue weighted by atomic mass is 10.2. The summed E-state index contributed by atoms with van der Waals surface area (Å²) < 4.78 is 5.41. The molecule has 0 unspecified atom stereocenters. The minimum Gasteiger partial charge on any atom is -0.494 e. The molecule has 2 aromatic heterocycles. The standard InChI is InChI=1S/C21H20N4O2S/c1-3-27-15-7-5-14(6-8-15)24-18(26)11-28-21-20-19(22-12-23-21)16-10-13(2)4-9-17(16)25-20/h4-10,12,25H,3,11H2,1-2H3,(H,24,26). The summed E-state index contributed by atoms with van der Waals surface area (Å²) in [4.78, 5) is 24.5. The van der Waals surface area contributed by atoms with Crippen LogP contribution in [-0.2, 0) is 4.79 Å². The van der Waals surface area contributed by atoms with E-state index < -0.39 is 0 Å². The first-order valence-electron chi connectivity index (χ1n) is 9.02. The van der Waals surface area contributed by atoms with Gasteiger partial charge in [-0.15, -0.1) is 0 Å². The number of carbonyl (C=O) groups is 1. The summed E-state index contributed by atoms with van der Waals surface area (Å²) in [6.45, 7) is 4.61. The smallest absolute Gasteiger partial charge is 0.234 e. The fraction of sp³-hybridized carbons (Fsp3) is 0.190. The average Bonchev–Trinajstić information content (AvgIpc) is 3.06. The van der Waals surface area contributed by atoms with Crippen molar-refractivity contribution in [1.82, 2.24) is 15.0 Å². The van der Waals surface area contributed by atoms with E-state index in [2.05, 4.69) is 39.3 Å². The fourth-order valence-electron chi connectivity index (χ4n) is 3.03. The molecule has 4 aromatic rings.